The van der Waals surface area contributed by atoms with E-state index < -0.39 is 17.9 Å². The van der Waals surface area contributed by atoms with Gasteiger partial charge in [-0.15, -0.1) is 0 Å². The van der Waals surface area contributed by atoms with Crippen molar-refractivity contribution in [3.05, 3.63) is 23.3 Å². The van der Waals surface area contributed by atoms with Gasteiger partial charge in [0.05, 0.1) is 0 Å². The molecule has 2 aromatic heterocycles. The van der Waals surface area contributed by atoms with Crippen LogP contribution < -0.4 is 5.32 Å². The van der Waals surface area contributed by atoms with Crippen LogP contribution in [0.2, 0.25) is 0 Å². The summed E-state index contributed by atoms with van der Waals surface area (Å²) in [7, 11) is 0. The lowest BCUT2D eigenvalue weighted by Gasteiger charge is -2.16. The lowest BCUT2D eigenvalue weighted by molar-refractivity contribution is -0.140. The summed E-state index contributed by atoms with van der Waals surface area (Å²) in [6.07, 6.45) is 1.62. The Morgan fingerprint density at radius 2 is 2.16 bits per heavy atom. The summed E-state index contributed by atoms with van der Waals surface area (Å²) in [6, 6.07) is 2.57. The number of carboxylic acid groups (broad SMARTS) is 1. The van der Waals surface area contributed by atoms with Crippen molar-refractivity contribution >= 4 is 33.6 Å². The van der Waals surface area contributed by atoms with Crippen LogP contribution in [0.15, 0.2) is 18.3 Å². The fraction of sp³-hybridized carbons (Fsp3) is 0.333. The van der Waals surface area contributed by atoms with Gasteiger partial charge in [0.2, 0.25) is 0 Å². The van der Waals surface area contributed by atoms with Crippen molar-refractivity contribution < 1.29 is 14.7 Å². The number of carboxylic acids is 1. The SMILES string of the molecule is CC(C)[C@H](NC(=O)c1nc2cccnc2s1)C(=O)O. The molecule has 0 aliphatic heterocycles. The summed E-state index contributed by atoms with van der Waals surface area (Å²) in [4.78, 5) is 31.9. The number of pyridine rings is 1. The number of nitrogens with one attached hydrogen (secondary N) is 1. The summed E-state index contributed by atoms with van der Waals surface area (Å²) in [6.45, 7) is 3.47. The molecule has 0 unspecified atom stereocenters. The van der Waals surface area contributed by atoms with Crippen LogP contribution in [-0.2, 0) is 4.79 Å². The summed E-state index contributed by atoms with van der Waals surface area (Å²) >= 11 is 1.14. The lowest BCUT2D eigenvalue weighted by Crippen LogP contribution is -2.44. The summed E-state index contributed by atoms with van der Waals surface area (Å²) in [5.41, 5.74) is 0.633. The van der Waals surface area contributed by atoms with Crippen molar-refractivity contribution in [1.29, 1.82) is 0 Å². The van der Waals surface area contributed by atoms with Crippen LogP contribution in [0.25, 0.3) is 10.3 Å². The van der Waals surface area contributed by atoms with Crippen LogP contribution in [0.5, 0.6) is 0 Å². The number of hydrogen-bond acceptors (Lipinski definition) is 5. The predicted molar refractivity (Wildman–Crippen MR) is 71.1 cm³/mol. The minimum absolute atomic E-state index is 0.200. The molecule has 7 heteroatoms. The molecule has 2 N–H and O–H groups in total. The number of fused-ring (bicyclic) bond motifs is 1. The molecule has 6 nitrogen and oxygen atoms in total. The number of carbonyl (C=O) groups excluding carboxylic acids is 1. The van der Waals surface area contributed by atoms with Gasteiger partial charge in [0.25, 0.3) is 5.91 Å². The van der Waals surface area contributed by atoms with E-state index in [2.05, 4.69) is 15.3 Å². The third-order valence-corrected chi connectivity index (χ3v) is 3.56. The van der Waals surface area contributed by atoms with Crippen molar-refractivity contribution in [3.63, 3.8) is 0 Å². The standard InChI is InChI=1S/C12H13N3O3S/c1-6(2)8(12(17)18)15-9(16)11-14-7-4-3-5-13-10(7)19-11/h3-6,8H,1-2H3,(H,15,16)(H,17,18)/t8-/m0/s1. The van der Waals surface area contributed by atoms with Gasteiger partial charge in [0.1, 0.15) is 16.4 Å². The van der Waals surface area contributed by atoms with Crippen molar-refractivity contribution in [2.75, 3.05) is 0 Å². The molecular weight excluding hydrogens is 266 g/mol. The van der Waals surface area contributed by atoms with Gasteiger partial charge in [0.15, 0.2) is 5.01 Å². The zero-order valence-corrected chi connectivity index (χ0v) is 11.3. The van der Waals surface area contributed by atoms with Crippen LogP contribution in [-0.4, -0.2) is 33.0 Å². The normalized spacial score (nSPS) is 12.6. The Morgan fingerprint density at radius 3 is 2.74 bits per heavy atom. The Hall–Kier alpha value is -2.02. The van der Waals surface area contributed by atoms with Crippen LogP contribution >= 0.6 is 11.3 Å². The highest BCUT2D eigenvalue weighted by Crippen LogP contribution is 2.19. The van der Waals surface area contributed by atoms with E-state index in [4.69, 9.17) is 5.11 Å². The van der Waals surface area contributed by atoms with Crippen molar-refractivity contribution in [2.24, 2.45) is 5.92 Å². The molecule has 1 amide bonds. The van der Waals surface area contributed by atoms with Crippen LogP contribution in [0.1, 0.15) is 23.6 Å². The Balaban J connectivity index is 2.21. The monoisotopic (exact) mass is 279 g/mol. The quantitative estimate of drug-likeness (QED) is 0.885. The molecule has 2 rings (SSSR count). The van der Waals surface area contributed by atoms with Gasteiger partial charge in [0, 0.05) is 6.20 Å². The van der Waals surface area contributed by atoms with E-state index in [1.807, 2.05) is 0 Å². The Bertz CT molecular complexity index is 590. The van der Waals surface area contributed by atoms with E-state index in [1.165, 1.54) is 0 Å². The second-order valence-electron chi connectivity index (χ2n) is 4.38. The third-order valence-electron chi connectivity index (χ3n) is 2.58. The molecule has 0 aliphatic carbocycles. The maximum absolute atomic E-state index is 12.0. The molecule has 2 heterocycles. The molecular formula is C12H13N3O3S. The second kappa shape index (κ2) is 5.31. The van der Waals surface area contributed by atoms with E-state index >= 15 is 0 Å². The predicted octanol–water partition coefficient (Wildman–Crippen LogP) is 1.53. The van der Waals surface area contributed by atoms with Crippen molar-refractivity contribution in [1.82, 2.24) is 15.3 Å². The fourth-order valence-corrected chi connectivity index (χ4v) is 2.39. The van der Waals surface area contributed by atoms with Crippen LogP contribution in [0.4, 0.5) is 0 Å². The number of aromatic nitrogens is 2. The van der Waals surface area contributed by atoms with Gasteiger partial charge in [-0.25, -0.2) is 14.8 Å². The average molecular weight is 279 g/mol. The van der Waals surface area contributed by atoms with E-state index in [9.17, 15) is 9.59 Å². The first-order valence-electron chi connectivity index (χ1n) is 5.74. The van der Waals surface area contributed by atoms with Gasteiger partial charge >= 0.3 is 5.97 Å². The number of thiazole rings is 1. The first kappa shape index (κ1) is 13.4. The molecule has 0 radical (unpaired) electrons. The minimum atomic E-state index is -1.05. The topological polar surface area (TPSA) is 92.2 Å². The zero-order chi connectivity index (χ0) is 14.0. The van der Waals surface area contributed by atoms with Gasteiger partial charge in [-0.3, -0.25) is 4.79 Å². The molecule has 0 fully saturated rings. The van der Waals surface area contributed by atoms with Gasteiger partial charge in [-0.05, 0) is 18.1 Å². The number of nitrogens with zero attached hydrogens (tertiary/aromatic N) is 2. The number of hydrogen-bond donors (Lipinski definition) is 2. The Morgan fingerprint density at radius 1 is 1.42 bits per heavy atom. The largest absolute Gasteiger partial charge is 0.480 e. The highest BCUT2D eigenvalue weighted by Gasteiger charge is 2.25. The summed E-state index contributed by atoms with van der Waals surface area (Å²) in [5, 5.41) is 11.7. The first-order chi connectivity index (χ1) is 8.99. The Labute approximate surface area is 113 Å². The summed E-state index contributed by atoms with van der Waals surface area (Å²) in [5.74, 6) is -1.74. The molecule has 0 bridgehead atoms. The maximum Gasteiger partial charge on any atom is 0.326 e. The van der Waals surface area contributed by atoms with Gasteiger partial charge in [-0.1, -0.05) is 25.2 Å². The fourth-order valence-electron chi connectivity index (χ4n) is 1.58. The molecule has 2 aromatic rings. The Kier molecular flexibility index (Phi) is 3.75. The van der Waals surface area contributed by atoms with Gasteiger partial charge in [-0.2, -0.15) is 0 Å². The minimum Gasteiger partial charge on any atom is -0.480 e. The average Bonchev–Trinajstić information content (AvgIpc) is 2.78. The number of aliphatic carboxylic acids is 1. The second-order valence-corrected chi connectivity index (χ2v) is 5.36. The zero-order valence-electron chi connectivity index (χ0n) is 10.5. The highest BCUT2D eigenvalue weighted by molar-refractivity contribution is 7.19. The van der Waals surface area contributed by atoms with Gasteiger partial charge < -0.3 is 10.4 Å². The molecule has 19 heavy (non-hydrogen) atoms. The third kappa shape index (κ3) is 2.87. The number of rotatable bonds is 4. The smallest absolute Gasteiger partial charge is 0.326 e. The van der Waals surface area contributed by atoms with E-state index in [0.29, 0.717) is 10.3 Å². The number of amides is 1. The molecule has 0 aliphatic rings. The summed E-state index contributed by atoms with van der Waals surface area (Å²) < 4.78 is 0. The molecule has 0 aromatic carbocycles. The van der Waals surface area contributed by atoms with Crippen LogP contribution in [0.3, 0.4) is 0 Å². The van der Waals surface area contributed by atoms with E-state index in [1.54, 1.807) is 32.2 Å². The van der Waals surface area contributed by atoms with E-state index in [-0.39, 0.29) is 10.9 Å². The maximum atomic E-state index is 12.0. The van der Waals surface area contributed by atoms with Crippen LogP contribution in [0, 0.1) is 5.92 Å². The molecule has 1 atom stereocenters. The number of carbonyl (C=O) groups is 2. The highest BCUT2D eigenvalue weighted by atomic mass is 32.1. The van der Waals surface area contributed by atoms with Crippen molar-refractivity contribution in [3.8, 4) is 0 Å². The van der Waals surface area contributed by atoms with E-state index in [0.717, 1.165) is 11.3 Å². The first-order valence-corrected chi connectivity index (χ1v) is 6.56. The molecule has 0 saturated carbocycles. The molecule has 0 spiro atoms. The lowest BCUT2D eigenvalue weighted by atomic mass is 10.1. The van der Waals surface area contributed by atoms with Crippen molar-refractivity contribution in [2.45, 2.75) is 19.9 Å². The molecule has 100 valence electrons. The molecule has 0 saturated heterocycles.